The third-order valence-electron chi connectivity index (χ3n) is 11.4. The lowest BCUT2D eigenvalue weighted by molar-refractivity contribution is -0.177. The summed E-state index contributed by atoms with van der Waals surface area (Å²) in [6.45, 7) is 13.0. The molecule has 1 fully saturated rings. The van der Waals surface area contributed by atoms with Crippen LogP contribution >= 0.6 is 0 Å². The molecule has 0 unspecified atom stereocenters. The van der Waals surface area contributed by atoms with Gasteiger partial charge in [-0.2, -0.15) is 0 Å². The summed E-state index contributed by atoms with van der Waals surface area (Å²) in [5.41, 5.74) is 1.69. The van der Waals surface area contributed by atoms with Gasteiger partial charge in [-0.1, -0.05) is 13.8 Å². The number of alkyl carbamates (subject to hydrolysis) is 1. The standard InChI is InChI=1S/C43H57N5O13/c1-6-43(7-2)35-31(37(50)39(52)60-43)26-33-36-29(27-47(33)38(35)51)24-28-25-30(8-9-32(28)45-36)48(14-12-46(13-15-48)41(54)55)34(49)10-16-56-18-20-58-22-23-59-21-19-57-17-11-44-40(53)61-42(3,4)5/h8-9,24-26,37,50H,6-7,10-23,27H2,1-5H3,(H-,44,53,54,55)/p+1/t37-/m0/s1. The Bertz CT molecular complexity index is 2150. The molecule has 3 N–H and O–H groups in total. The maximum absolute atomic E-state index is 14.1. The van der Waals surface area contributed by atoms with Crippen LogP contribution in [0.15, 0.2) is 35.1 Å². The second kappa shape index (κ2) is 19.4. The van der Waals surface area contributed by atoms with Crippen LogP contribution in [-0.4, -0.2) is 140 Å². The van der Waals surface area contributed by atoms with Crippen LogP contribution in [0.2, 0.25) is 0 Å². The number of hydrogen-bond donors (Lipinski definition) is 3. The van der Waals surface area contributed by atoms with Gasteiger partial charge in [-0.3, -0.25) is 9.69 Å². The number of hydrogen-bond acceptors (Lipinski definition) is 13. The number of aromatic nitrogens is 2. The number of nitrogens with zero attached hydrogens (tertiary/aromatic N) is 4. The molecule has 0 aliphatic carbocycles. The lowest BCUT2D eigenvalue weighted by Gasteiger charge is -2.41. The molecule has 0 saturated carbocycles. The second-order valence-electron chi connectivity index (χ2n) is 16.4. The molecule has 1 saturated heterocycles. The third-order valence-corrected chi connectivity index (χ3v) is 11.4. The van der Waals surface area contributed by atoms with E-state index in [1.54, 1.807) is 31.4 Å². The number of esters is 1. The zero-order valence-corrected chi connectivity index (χ0v) is 35.7. The van der Waals surface area contributed by atoms with Crippen molar-refractivity contribution in [2.75, 3.05) is 85.6 Å². The second-order valence-corrected chi connectivity index (χ2v) is 16.4. The molecule has 18 heteroatoms. The Labute approximate surface area is 354 Å². The van der Waals surface area contributed by atoms with Crippen molar-refractivity contribution in [1.29, 1.82) is 0 Å². The Morgan fingerprint density at radius 2 is 1.54 bits per heavy atom. The lowest BCUT2D eigenvalue weighted by atomic mass is 9.82. The molecule has 0 bridgehead atoms. The van der Waals surface area contributed by atoms with Crippen molar-refractivity contribution in [3.05, 3.63) is 57.4 Å². The number of rotatable bonds is 18. The molecule has 2 aromatic heterocycles. The molecular weight excluding hydrogens is 794 g/mol. The minimum atomic E-state index is -1.58. The summed E-state index contributed by atoms with van der Waals surface area (Å²) >= 11 is 0. The van der Waals surface area contributed by atoms with Crippen LogP contribution in [0.4, 0.5) is 15.3 Å². The molecule has 1 aromatic carbocycles. The van der Waals surface area contributed by atoms with Gasteiger partial charge in [0.1, 0.15) is 30.0 Å². The molecular formula is C43H58N5O13+. The molecule has 3 aliphatic heterocycles. The number of piperazine rings is 1. The van der Waals surface area contributed by atoms with Gasteiger partial charge in [0.15, 0.2) is 6.10 Å². The molecule has 61 heavy (non-hydrogen) atoms. The van der Waals surface area contributed by atoms with Gasteiger partial charge >= 0.3 is 24.1 Å². The highest BCUT2D eigenvalue weighted by atomic mass is 16.6. The number of amides is 3. The Morgan fingerprint density at radius 1 is 0.918 bits per heavy atom. The summed E-state index contributed by atoms with van der Waals surface area (Å²) in [5.74, 6) is -0.888. The van der Waals surface area contributed by atoms with Crippen LogP contribution in [0, 0.1) is 0 Å². The van der Waals surface area contributed by atoms with E-state index in [-0.39, 0.29) is 73.9 Å². The van der Waals surface area contributed by atoms with Gasteiger partial charge < -0.3 is 48.5 Å². The van der Waals surface area contributed by atoms with E-state index in [1.165, 1.54) is 4.90 Å². The van der Waals surface area contributed by atoms with Crippen molar-refractivity contribution >= 4 is 40.7 Å². The first-order chi connectivity index (χ1) is 29.1. The maximum atomic E-state index is 14.1. The van der Waals surface area contributed by atoms with Gasteiger partial charge in [0.25, 0.3) is 5.56 Å². The van der Waals surface area contributed by atoms with Gasteiger partial charge in [-0.15, -0.1) is 0 Å². The molecule has 3 aliphatic rings. The van der Waals surface area contributed by atoms with Gasteiger partial charge in [-0.05, 0) is 51.8 Å². The molecule has 5 heterocycles. The van der Waals surface area contributed by atoms with Crippen LogP contribution in [0.3, 0.4) is 0 Å². The van der Waals surface area contributed by atoms with Gasteiger partial charge in [0.05, 0.1) is 101 Å². The number of pyridine rings is 2. The summed E-state index contributed by atoms with van der Waals surface area (Å²) in [5, 5.41) is 23.9. The van der Waals surface area contributed by atoms with E-state index in [0.717, 1.165) is 10.9 Å². The van der Waals surface area contributed by atoms with E-state index in [1.807, 2.05) is 38.1 Å². The number of quaternary nitrogens is 1. The van der Waals surface area contributed by atoms with Crippen LogP contribution in [0.1, 0.15) is 76.7 Å². The first-order valence-electron chi connectivity index (χ1n) is 20.9. The van der Waals surface area contributed by atoms with E-state index in [0.29, 0.717) is 87.2 Å². The van der Waals surface area contributed by atoms with Crippen molar-refractivity contribution in [2.24, 2.45) is 0 Å². The quantitative estimate of drug-likeness (QED) is 0.0738. The highest BCUT2D eigenvalue weighted by molar-refractivity contribution is 5.93. The highest BCUT2D eigenvalue weighted by Crippen LogP contribution is 2.44. The molecule has 1 atom stereocenters. The number of cyclic esters (lactones) is 1. The number of aliphatic hydroxyl groups excluding tert-OH is 1. The summed E-state index contributed by atoms with van der Waals surface area (Å²) in [4.78, 5) is 70.7. The van der Waals surface area contributed by atoms with Crippen LogP contribution in [-0.2, 0) is 50.2 Å². The zero-order chi connectivity index (χ0) is 44.0. The zero-order valence-electron chi connectivity index (χ0n) is 35.7. The summed E-state index contributed by atoms with van der Waals surface area (Å²) in [7, 11) is 0. The number of aliphatic hydroxyl groups is 1. The lowest BCUT2D eigenvalue weighted by Crippen LogP contribution is -2.64. The predicted octanol–water partition coefficient (Wildman–Crippen LogP) is 3.84. The molecule has 6 rings (SSSR count). The monoisotopic (exact) mass is 852 g/mol. The normalized spacial score (nSPS) is 17.6. The van der Waals surface area contributed by atoms with E-state index >= 15 is 0 Å². The smallest absolute Gasteiger partial charge is 0.407 e. The fourth-order valence-corrected chi connectivity index (χ4v) is 8.18. The molecule has 0 spiro atoms. The van der Waals surface area contributed by atoms with Crippen molar-refractivity contribution in [3.63, 3.8) is 0 Å². The number of carbonyl (C=O) groups is 4. The minimum absolute atomic E-state index is 0.0631. The third kappa shape index (κ3) is 10.1. The van der Waals surface area contributed by atoms with Crippen molar-refractivity contribution in [2.45, 2.75) is 77.7 Å². The Kier molecular flexibility index (Phi) is 14.5. The van der Waals surface area contributed by atoms with Crippen LogP contribution < -0.4 is 15.4 Å². The predicted molar refractivity (Wildman–Crippen MR) is 222 cm³/mol. The molecule has 3 aromatic rings. The summed E-state index contributed by atoms with van der Waals surface area (Å²) < 4.78 is 34.7. The first kappa shape index (κ1) is 45.5. The van der Waals surface area contributed by atoms with E-state index in [4.69, 9.17) is 33.4 Å². The van der Waals surface area contributed by atoms with E-state index in [9.17, 15) is 34.2 Å². The number of carbonyl (C=O) groups excluding carboxylic acids is 3. The minimum Gasteiger partial charge on any atom is -0.465 e. The van der Waals surface area contributed by atoms with Crippen LogP contribution in [0.5, 0.6) is 0 Å². The van der Waals surface area contributed by atoms with E-state index in [2.05, 4.69) is 5.32 Å². The van der Waals surface area contributed by atoms with Crippen LogP contribution in [0.25, 0.3) is 22.3 Å². The number of nitrogens with one attached hydrogen (secondary N) is 1. The maximum Gasteiger partial charge on any atom is 0.407 e. The molecule has 0 radical (unpaired) electrons. The number of fused-ring (bicyclic) bond motifs is 5. The SMILES string of the molecule is CCC1(CC)OC(=O)[C@@H](O)c2cc3n(c(=O)c21)Cc1cc2cc([N+]4(C(=O)CCOCCOCCOCCOCCNC(=O)OC(C)(C)C)CCN(C(=O)O)CC4)ccc2nc1-3. The first-order valence-corrected chi connectivity index (χ1v) is 20.9. The number of ether oxygens (including phenoxy) is 6. The highest BCUT2D eigenvalue weighted by Gasteiger charge is 2.47. The topological polar surface area (TPSA) is 214 Å². The average Bonchev–Trinajstić information content (AvgIpc) is 3.59. The molecule has 3 amide bonds. The Balaban J connectivity index is 1.03. The van der Waals surface area contributed by atoms with E-state index < -0.39 is 35.5 Å². The Hall–Kier alpha value is -4.98. The number of benzene rings is 1. The molecule has 332 valence electrons. The fraction of sp³-hybridized carbons (Fsp3) is 0.581. The summed E-state index contributed by atoms with van der Waals surface area (Å²) in [6.07, 6.45) is -2.26. The molecule has 18 nitrogen and oxygen atoms in total. The Morgan fingerprint density at radius 3 is 2.15 bits per heavy atom. The van der Waals surface area contributed by atoms with Gasteiger partial charge in [-0.25, -0.2) is 28.6 Å². The van der Waals surface area contributed by atoms with Gasteiger partial charge in [0, 0.05) is 35.2 Å². The van der Waals surface area contributed by atoms with Gasteiger partial charge in [0.2, 0.25) is 0 Å². The number of carboxylic acid groups (broad SMARTS) is 1. The average molecular weight is 853 g/mol. The fourth-order valence-electron chi connectivity index (χ4n) is 8.18. The van der Waals surface area contributed by atoms with Crippen molar-refractivity contribution in [3.8, 4) is 11.4 Å². The largest absolute Gasteiger partial charge is 0.465 e. The van der Waals surface area contributed by atoms with Crippen molar-refractivity contribution in [1.82, 2.24) is 24.3 Å². The summed E-state index contributed by atoms with van der Waals surface area (Å²) in [6, 6.07) is 9.21. The van der Waals surface area contributed by atoms with Crippen molar-refractivity contribution < 1.29 is 57.8 Å².